The first-order chi connectivity index (χ1) is 8.38. The predicted octanol–water partition coefficient (Wildman–Crippen LogP) is 2.29. The molecule has 1 aromatic carbocycles. The number of hydrogen-bond donors (Lipinski definition) is 0. The van der Waals surface area contributed by atoms with Crippen molar-refractivity contribution in [3.63, 3.8) is 0 Å². The molecule has 1 aromatic rings. The van der Waals surface area contributed by atoms with Gasteiger partial charge in [-0.05, 0) is 5.56 Å². The fraction of sp³-hybridized carbons (Fsp3) is 0.571. The lowest BCUT2D eigenvalue weighted by Crippen LogP contribution is -2.46. The largest absolute Gasteiger partial charge is 0.383 e. The van der Waals surface area contributed by atoms with Crippen LogP contribution in [0.4, 0.5) is 0 Å². The van der Waals surface area contributed by atoms with Crippen molar-refractivity contribution in [2.45, 2.75) is 6.54 Å². The minimum absolute atomic E-state index is 0. The number of hydrogen-bond acceptors (Lipinski definition) is 3. The second-order valence-corrected chi connectivity index (χ2v) is 4.60. The quantitative estimate of drug-likeness (QED) is 0.830. The van der Waals surface area contributed by atoms with Crippen LogP contribution in [0.5, 0.6) is 0 Å². The molecule has 0 spiro atoms. The molecule has 5 heteroatoms. The van der Waals surface area contributed by atoms with E-state index in [2.05, 4.69) is 40.1 Å². The molecule has 1 heterocycles. The van der Waals surface area contributed by atoms with Gasteiger partial charge in [0.1, 0.15) is 0 Å². The summed E-state index contributed by atoms with van der Waals surface area (Å²) in [5.41, 5.74) is 1.41. The van der Waals surface area contributed by atoms with Crippen LogP contribution < -0.4 is 0 Å². The van der Waals surface area contributed by atoms with Crippen molar-refractivity contribution in [2.24, 2.45) is 0 Å². The van der Waals surface area contributed by atoms with Gasteiger partial charge in [-0.2, -0.15) is 0 Å². The molecule has 0 bridgehead atoms. The average Bonchev–Trinajstić information content (AvgIpc) is 2.39. The topological polar surface area (TPSA) is 15.7 Å². The minimum atomic E-state index is 0. The fourth-order valence-electron chi connectivity index (χ4n) is 2.23. The Kier molecular flexibility index (Phi) is 10.3. The van der Waals surface area contributed by atoms with E-state index in [0.29, 0.717) is 0 Å². The number of rotatable bonds is 5. The Morgan fingerprint density at radius 1 is 0.947 bits per heavy atom. The van der Waals surface area contributed by atoms with Crippen LogP contribution in [0.1, 0.15) is 5.56 Å². The first kappa shape index (κ1) is 18.7. The number of methoxy groups -OCH3 is 1. The van der Waals surface area contributed by atoms with E-state index in [-0.39, 0.29) is 24.8 Å². The summed E-state index contributed by atoms with van der Waals surface area (Å²) in [5, 5.41) is 0. The van der Waals surface area contributed by atoms with E-state index in [9.17, 15) is 0 Å². The van der Waals surface area contributed by atoms with Crippen molar-refractivity contribution in [1.82, 2.24) is 9.80 Å². The highest BCUT2D eigenvalue weighted by Crippen LogP contribution is 2.07. The summed E-state index contributed by atoms with van der Waals surface area (Å²) >= 11 is 0. The van der Waals surface area contributed by atoms with Gasteiger partial charge in [0.25, 0.3) is 0 Å². The zero-order valence-electron chi connectivity index (χ0n) is 11.5. The van der Waals surface area contributed by atoms with Crippen LogP contribution in [0.15, 0.2) is 30.3 Å². The zero-order valence-corrected chi connectivity index (χ0v) is 13.1. The Balaban J connectivity index is 0.00000162. The molecule has 0 amide bonds. The highest BCUT2D eigenvalue weighted by molar-refractivity contribution is 5.85. The molecule has 1 saturated heterocycles. The molecule has 0 atom stereocenters. The smallest absolute Gasteiger partial charge is 0.0589 e. The highest BCUT2D eigenvalue weighted by Gasteiger charge is 2.16. The van der Waals surface area contributed by atoms with Crippen molar-refractivity contribution in [3.05, 3.63) is 35.9 Å². The Morgan fingerprint density at radius 2 is 1.53 bits per heavy atom. The Morgan fingerprint density at radius 3 is 2.11 bits per heavy atom. The minimum Gasteiger partial charge on any atom is -0.383 e. The molecule has 2 rings (SSSR count). The lowest BCUT2D eigenvalue weighted by molar-refractivity contribution is 0.0938. The van der Waals surface area contributed by atoms with Gasteiger partial charge in [0, 0.05) is 46.4 Å². The van der Waals surface area contributed by atoms with Crippen molar-refractivity contribution in [2.75, 3.05) is 46.4 Å². The Bertz CT molecular complexity index is 316. The third-order valence-corrected chi connectivity index (χ3v) is 3.33. The predicted molar refractivity (Wildman–Crippen MR) is 84.5 cm³/mol. The van der Waals surface area contributed by atoms with Gasteiger partial charge in [0.15, 0.2) is 0 Å². The van der Waals surface area contributed by atoms with E-state index in [1.807, 2.05) is 0 Å². The first-order valence-corrected chi connectivity index (χ1v) is 6.36. The Hall–Kier alpha value is -0.320. The van der Waals surface area contributed by atoms with Gasteiger partial charge >= 0.3 is 0 Å². The number of halogens is 2. The molecule has 1 aliphatic heterocycles. The van der Waals surface area contributed by atoms with Crippen molar-refractivity contribution in [1.29, 1.82) is 0 Å². The van der Waals surface area contributed by atoms with Crippen LogP contribution in [0, 0.1) is 0 Å². The highest BCUT2D eigenvalue weighted by atomic mass is 35.5. The third kappa shape index (κ3) is 6.59. The standard InChI is InChI=1S/C14H22N2O.2ClH/c1-17-12-11-15-7-9-16(10-8-15)13-14-5-3-2-4-6-14;;/h2-6H,7-13H2,1H3;2*1H. The maximum absolute atomic E-state index is 5.11. The van der Waals surface area contributed by atoms with Crippen molar-refractivity contribution in [3.8, 4) is 0 Å². The molecule has 0 N–H and O–H groups in total. The van der Waals surface area contributed by atoms with Crippen molar-refractivity contribution >= 4 is 24.8 Å². The van der Waals surface area contributed by atoms with Gasteiger partial charge in [0.05, 0.1) is 6.61 Å². The molecule has 19 heavy (non-hydrogen) atoms. The number of ether oxygens (including phenoxy) is 1. The molecule has 0 aromatic heterocycles. The van der Waals surface area contributed by atoms with Crippen LogP contribution in [0.3, 0.4) is 0 Å². The second kappa shape index (κ2) is 10.5. The number of piperazine rings is 1. The SMILES string of the molecule is COCCN1CCN(Cc2ccccc2)CC1.Cl.Cl. The van der Waals surface area contributed by atoms with Gasteiger partial charge in [-0.25, -0.2) is 0 Å². The summed E-state index contributed by atoms with van der Waals surface area (Å²) in [6.45, 7) is 7.65. The first-order valence-electron chi connectivity index (χ1n) is 6.36. The Labute approximate surface area is 128 Å². The molecular weight excluding hydrogens is 283 g/mol. The molecule has 1 fully saturated rings. The average molecular weight is 307 g/mol. The molecule has 0 radical (unpaired) electrons. The number of nitrogens with zero attached hydrogens (tertiary/aromatic N) is 2. The van der Waals surface area contributed by atoms with Gasteiger partial charge < -0.3 is 4.74 Å². The molecule has 0 saturated carbocycles. The van der Waals surface area contributed by atoms with Crippen LogP contribution in [0.2, 0.25) is 0 Å². The lowest BCUT2D eigenvalue weighted by atomic mass is 10.2. The van der Waals surface area contributed by atoms with E-state index in [1.54, 1.807) is 7.11 Å². The van der Waals surface area contributed by atoms with Gasteiger partial charge in [-0.15, -0.1) is 24.8 Å². The maximum Gasteiger partial charge on any atom is 0.0589 e. The van der Waals surface area contributed by atoms with E-state index in [0.717, 1.165) is 32.8 Å². The summed E-state index contributed by atoms with van der Waals surface area (Å²) < 4.78 is 5.11. The molecule has 110 valence electrons. The molecule has 0 unspecified atom stereocenters. The summed E-state index contributed by atoms with van der Waals surface area (Å²) in [6.07, 6.45) is 0. The van der Waals surface area contributed by atoms with E-state index < -0.39 is 0 Å². The lowest BCUT2D eigenvalue weighted by Gasteiger charge is -2.34. The van der Waals surface area contributed by atoms with Gasteiger partial charge in [-0.3, -0.25) is 9.80 Å². The van der Waals surface area contributed by atoms with E-state index in [4.69, 9.17) is 4.74 Å². The van der Waals surface area contributed by atoms with E-state index in [1.165, 1.54) is 18.7 Å². The molecular formula is C14H24Cl2N2O. The van der Waals surface area contributed by atoms with Crippen LogP contribution in [-0.4, -0.2) is 56.2 Å². The van der Waals surface area contributed by atoms with Crippen LogP contribution in [-0.2, 0) is 11.3 Å². The summed E-state index contributed by atoms with van der Waals surface area (Å²) in [7, 11) is 1.77. The third-order valence-electron chi connectivity index (χ3n) is 3.33. The molecule has 1 aliphatic rings. The van der Waals surface area contributed by atoms with Crippen LogP contribution in [0.25, 0.3) is 0 Å². The maximum atomic E-state index is 5.11. The van der Waals surface area contributed by atoms with Crippen molar-refractivity contribution < 1.29 is 4.74 Å². The molecule has 0 aliphatic carbocycles. The summed E-state index contributed by atoms with van der Waals surface area (Å²) in [4.78, 5) is 5.00. The number of benzene rings is 1. The monoisotopic (exact) mass is 306 g/mol. The fourth-order valence-corrected chi connectivity index (χ4v) is 2.23. The van der Waals surface area contributed by atoms with Gasteiger partial charge in [0.2, 0.25) is 0 Å². The zero-order chi connectivity index (χ0) is 11.9. The normalized spacial score (nSPS) is 16.5. The van der Waals surface area contributed by atoms with Gasteiger partial charge in [-0.1, -0.05) is 30.3 Å². The van der Waals surface area contributed by atoms with Crippen LogP contribution >= 0.6 is 24.8 Å². The van der Waals surface area contributed by atoms with E-state index >= 15 is 0 Å². The second-order valence-electron chi connectivity index (χ2n) is 4.60. The molecule has 3 nitrogen and oxygen atoms in total. The summed E-state index contributed by atoms with van der Waals surface area (Å²) in [5.74, 6) is 0. The summed E-state index contributed by atoms with van der Waals surface area (Å²) in [6, 6.07) is 10.7.